The molecular formula is C21H28FN5O2S. The molecule has 30 heavy (non-hydrogen) atoms. The average Bonchev–Trinajstić information content (AvgIpc) is 2.76. The zero-order valence-electron chi connectivity index (χ0n) is 17.2. The molecule has 0 unspecified atom stereocenters. The number of hydrogen-bond donors (Lipinski definition) is 0. The van der Waals surface area contributed by atoms with Crippen molar-refractivity contribution < 1.29 is 12.8 Å². The van der Waals surface area contributed by atoms with Gasteiger partial charge < -0.3 is 9.80 Å². The SMILES string of the molecule is CC1CCN(c2ccc(N3CCN(S(=O)(=O)Cc4ccc(F)cc4)CC3)nn2)CC1. The summed E-state index contributed by atoms with van der Waals surface area (Å²) in [5, 5.41) is 8.80. The van der Waals surface area contributed by atoms with E-state index in [1.165, 1.54) is 41.4 Å². The monoisotopic (exact) mass is 433 g/mol. The number of halogens is 1. The van der Waals surface area contributed by atoms with E-state index in [9.17, 15) is 12.8 Å². The van der Waals surface area contributed by atoms with Crippen molar-refractivity contribution in [3.8, 4) is 0 Å². The minimum absolute atomic E-state index is 0.115. The van der Waals surface area contributed by atoms with Crippen molar-refractivity contribution in [2.75, 3.05) is 49.1 Å². The van der Waals surface area contributed by atoms with Crippen molar-refractivity contribution in [2.45, 2.75) is 25.5 Å². The summed E-state index contributed by atoms with van der Waals surface area (Å²) >= 11 is 0. The number of sulfonamides is 1. The summed E-state index contributed by atoms with van der Waals surface area (Å²) in [5.74, 6) is 1.97. The fourth-order valence-electron chi connectivity index (χ4n) is 3.97. The van der Waals surface area contributed by atoms with E-state index in [2.05, 4.69) is 26.9 Å². The summed E-state index contributed by atoms with van der Waals surface area (Å²) in [7, 11) is -3.44. The molecule has 0 atom stereocenters. The number of rotatable bonds is 5. The van der Waals surface area contributed by atoms with Gasteiger partial charge in [-0.2, -0.15) is 4.31 Å². The van der Waals surface area contributed by atoms with Crippen LogP contribution in [-0.2, 0) is 15.8 Å². The smallest absolute Gasteiger partial charge is 0.218 e. The normalized spacial score (nSPS) is 19.3. The van der Waals surface area contributed by atoms with Crippen LogP contribution in [0.3, 0.4) is 0 Å². The van der Waals surface area contributed by atoms with Crippen LogP contribution < -0.4 is 9.80 Å². The van der Waals surface area contributed by atoms with Gasteiger partial charge in [-0.1, -0.05) is 19.1 Å². The Kier molecular flexibility index (Phi) is 6.19. The number of aromatic nitrogens is 2. The van der Waals surface area contributed by atoms with Crippen molar-refractivity contribution in [1.29, 1.82) is 0 Å². The van der Waals surface area contributed by atoms with Crippen LogP contribution in [0.4, 0.5) is 16.0 Å². The highest BCUT2D eigenvalue weighted by atomic mass is 32.2. The van der Waals surface area contributed by atoms with E-state index in [1.54, 1.807) is 0 Å². The minimum atomic E-state index is -3.44. The summed E-state index contributed by atoms with van der Waals surface area (Å²) in [6.45, 7) is 6.24. The Labute approximate surface area is 177 Å². The molecule has 0 amide bonds. The average molecular weight is 434 g/mol. The molecular weight excluding hydrogens is 405 g/mol. The lowest BCUT2D eigenvalue weighted by molar-refractivity contribution is 0.383. The van der Waals surface area contributed by atoms with Gasteiger partial charge in [-0.3, -0.25) is 0 Å². The van der Waals surface area contributed by atoms with Gasteiger partial charge in [0.05, 0.1) is 5.75 Å². The van der Waals surface area contributed by atoms with Gasteiger partial charge >= 0.3 is 0 Å². The minimum Gasteiger partial charge on any atom is -0.355 e. The van der Waals surface area contributed by atoms with E-state index < -0.39 is 10.0 Å². The Morgan fingerprint density at radius 1 is 0.867 bits per heavy atom. The summed E-state index contributed by atoms with van der Waals surface area (Å²) in [4.78, 5) is 4.34. The van der Waals surface area contributed by atoms with Gasteiger partial charge in [0.2, 0.25) is 10.0 Å². The van der Waals surface area contributed by atoms with Crippen LogP contribution in [0.25, 0.3) is 0 Å². The predicted octanol–water partition coefficient (Wildman–Crippen LogP) is 2.50. The van der Waals surface area contributed by atoms with Crippen LogP contribution in [0.15, 0.2) is 36.4 Å². The fourth-order valence-corrected chi connectivity index (χ4v) is 5.49. The molecule has 2 saturated heterocycles. The van der Waals surface area contributed by atoms with Crippen molar-refractivity contribution in [2.24, 2.45) is 5.92 Å². The summed E-state index contributed by atoms with van der Waals surface area (Å²) in [5.41, 5.74) is 0.590. The van der Waals surface area contributed by atoms with Gasteiger partial charge in [-0.05, 0) is 48.6 Å². The summed E-state index contributed by atoms with van der Waals surface area (Å²) in [6, 6.07) is 9.59. The molecule has 1 aromatic carbocycles. The molecule has 2 fully saturated rings. The maximum atomic E-state index is 13.0. The Morgan fingerprint density at radius 2 is 1.40 bits per heavy atom. The highest BCUT2D eigenvalue weighted by Gasteiger charge is 2.28. The molecule has 3 heterocycles. The molecule has 2 aromatic rings. The van der Waals surface area contributed by atoms with E-state index in [0.717, 1.165) is 30.6 Å². The molecule has 162 valence electrons. The van der Waals surface area contributed by atoms with Crippen LogP contribution in [-0.4, -0.2) is 62.2 Å². The molecule has 0 aliphatic carbocycles. The predicted molar refractivity (Wildman–Crippen MR) is 115 cm³/mol. The first kappa shape index (κ1) is 21.0. The van der Waals surface area contributed by atoms with E-state index in [0.29, 0.717) is 31.7 Å². The van der Waals surface area contributed by atoms with Crippen LogP contribution in [0.5, 0.6) is 0 Å². The summed E-state index contributed by atoms with van der Waals surface area (Å²) < 4.78 is 40.0. The largest absolute Gasteiger partial charge is 0.355 e. The van der Waals surface area contributed by atoms with Crippen molar-refractivity contribution in [3.63, 3.8) is 0 Å². The molecule has 7 nitrogen and oxygen atoms in total. The Morgan fingerprint density at radius 3 is 1.93 bits per heavy atom. The molecule has 0 bridgehead atoms. The van der Waals surface area contributed by atoms with Gasteiger partial charge in [0, 0.05) is 39.3 Å². The third-order valence-corrected chi connectivity index (χ3v) is 7.81. The fraction of sp³-hybridized carbons (Fsp3) is 0.524. The molecule has 4 rings (SSSR count). The second-order valence-electron chi connectivity index (χ2n) is 8.19. The highest BCUT2D eigenvalue weighted by Crippen LogP contribution is 2.23. The molecule has 9 heteroatoms. The van der Waals surface area contributed by atoms with Crippen molar-refractivity contribution in [3.05, 3.63) is 47.8 Å². The quantitative estimate of drug-likeness (QED) is 0.722. The lowest BCUT2D eigenvalue weighted by atomic mass is 9.99. The van der Waals surface area contributed by atoms with Gasteiger partial charge in [0.25, 0.3) is 0 Å². The van der Waals surface area contributed by atoms with Crippen molar-refractivity contribution >= 4 is 21.7 Å². The second kappa shape index (κ2) is 8.85. The number of nitrogens with zero attached hydrogens (tertiary/aromatic N) is 5. The number of benzene rings is 1. The Bertz CT molecular complexity index is 936. The molecule has 0 radical (unpaired) electrons. The molecule has 2 aliphatic heterocycles. The van der Waals surface area contributed by atoms with E-state index >= 15 is 0 Å². The molecule has 0 N–H and O–H groups in total. The molecule has 1 aromatic heterocycles. The highest BCUT2D eigenvalue weighted by molar-refractivity contribution is 7.88. The number of anilines is 2. The van der Waals surface area contributed by atoms with Crippen LogP contribution >= 0.6 is 0 Å². The van der Waals surface area contributed by atoms with E-state index in [4.69, 9.17) is 0 Å². The van der Waals surface area contributed by atoms with Crippen LogP contribution in [0, 0.1) is 11.7 Å². The van der Waals surface area contributed by atoms with Gasteiger partial charge in [-0.15, -0.1) is 10.2 Å². The maximum absolute atomic E-state index is 13.0. The Balaban J connectivity index is 1.33. The summed E-state index contributed by atoms with van der Waals surface area (Å²) in [6.07, 6.45) is 2.36. The maximum Gasteiger partial charge on any atom is 0.218 e. The van der Waals surface area contributed by atoms with Crippen LogP contribution in [0.2, 0.25) is 0 Å². The molecule has 0 spiro atoms. The first-order chi connectivity index (χ1) is 14.4. The second-order valence-corrected chi connectivity index (χ2v) is 10.2. The van der Waals surface area contributed by atoms with Gasteiger partial charge in [-0.25, -0.2) is 12.8 Å². The first-order valence-corrected chi connectivity index (χ1v) is 12.1. The lowest BCUT2D eigenvalue weighted by Crippen LogP contribution is -2.49. The Hall–Kier alpha value is -2.26. The third kappa shape index (κ3) is 4.89. The number of hydrogen-bond acceptors (Lipinski definition) is 6. The lowest BCUT2D eigenvalue weighted by Gasteiger charge is -2.35. The molecule has 0 saturated carbocycles. The van der Waals surface area contributed by atoms with Gasteiger partial charge in [0.15, 0.2) is 11.6 Å². The van der Waals surface area contributed by atoms with E-state index in [1.807, 2.05) is 12.1 Å². The zero-order valence-corrected chi connectivity index (χ0v) is 18.1. The van der Waals surface area contributed by atoms with Crippen LogP contribution in [0.1, 0.15) is 25.3 Å². The first-order valence-electron chi connectivity index (χ1n) is 10.5. The number of piperazine rings is 1. The topological polar surface area (TPSA) is 69.6 Å². The van der Waals surface area contributed by atoms with Crippen molar-refractivity contribution in [1.82, 2.24) is 14.5 Å². The van der Waals surface area contributed by atoms with E-state index in [-0.39, 0.29) is 11.6 Å². The number of piperidine rings is 1. The standard InChI is InChI=1S/C21H28FN5O2S/c1-17-8-10-25(11-9-17)20-6-7-21(24-23-20)26-12-14-27(15-13-26)30(28,29)16-18-2-4-19(22)5-3-18/h2-7,17H,8-16H2,1H3. The van der Waals surface area contributed by atoms with Gasteiger partial charge in [0.1, 0.15) is 5.82 Å². The molecule has 2 aliphatic rings. The third-order valence-electron chi connectivity index (χ3n) is 5.96. The zero-order chi connectivity index (χ0) is 21.1.